The number of hydrogen-bond acceptors (Lipinski definition) is 2. The predicted octanol–water partition coefficient (Wildman–Crippen LogP) is 1.52. The third kappa shape index (κ3) is 2.33. The molecule has 0 radical (unpaired) electrons. The third-order valence-corrected chi connectivity index (χ3v) is 4.08. The van der Waals surface area contributed by atoms with Crippen LogP contribution >= 0.6 is 0 Å². The van der Waals surface area contributed by atoms with E-state index in [1.54, 1.807) is 0 Å². The zero-order valence-corrected chi connectivity index (χ0v) is 9.50. The Balaban J connectivity index is 1.85. The molecule has 2 fully saturated rings. The lowest BCUT2D eigenvalue weighted by atomic mass is 9.66. The second kappa shape index (κ2) is 4.52. The SMILES string of the molecule is NCC1(CC(=O)N2CCCCC2)CCC1. The maximum Gasteiger partial charge on any atom is 0.223 e. The van der Waals surface area contributed by atoms with Gasteiger partial charge in [0.25, 0.3) is 0 Å². The molecule has 2 N–H and O–H groups in total. The lowest BCUT2D eigenvalue weighted by molar-refractivity contribution is -0.136. The number of hydrogen-bond donors (Lipinski definition) is 1. The maximum absolute atomic E-state index is 12.0. The monoisotopic (exact) mass is 210 g/mol. The zero-order valence-electron chi connectivity index (χ0n) is 9.50. The summed E-state index contributed by atoms with van der Waals surface area (Å²) in [4.78, 5) is 14.1. The second-order valence-electron chi connectivity index (χ2n) is 5.18. The molecule has 0 aromatic carbocycles. The summed E-state index contributed by atoms with van der Waals surface area (Å²) in [7, 11) is 0. The summed E-state index contributed by atoms with van der Waals surface area (Å²) in [5.74, 6) is 0.347. The summed E-state index contributed by atoms with van der Waals surface area (Å²) in [6.45, 7) is 2.63. The molecular formula is C12H22N2O. The van der Waals surface area contributed by atoms with E-state index in [4.69, 9.17) is 5.73 Å². The van der Waals surface area contributed by atoms with Gasteiger partial charge in [-0.05, 0) is 44.1 Å². The van der Waals surface area contributed by atoms with E-state index in [-0.39, 0.29) is 5.41 Å². The summed E-state index contributed by atoms with van der Waals surface area (Å²) < 4.78 is 0. The van der Waals surface area contributed by atoms with Gasteiger partial charge in [-0.1, -0.05) is 6.42 Å². The van der Waals surface area contributed by atoms with E-state index in [9.17, 15) is 4.79 Å². The number of nitrogens with zero attached hydrogens (tertiary/aromatic N) is 1. The van der Waals surface area contributed by atoms with Crippen molar-refractivity contribution in [2.45, 2.75) is 44.9 Å². The topological polar surface area (TPSA) is 46.3 Å². The lowest BCUT2D eigenvalue weighted by Gasteiger charge is -2.42. The van der Waals surface area contributed by atoms with E-state index >= 15 is 0 Å². The molecule has 3 nitrogen and oxygen atoms in total. The van der Waals surface area contributed by atoms with Crippen molar-refractivity contribution < 1.29 is 4.79 Å². The molecule has 3 heteroatoms. The van der Waals surface area contributed by atoms with Crippen LogP contribution < -0.4 is 5.73 Å². The quantitative estimate of drug-likeness (QED) is 0.767. The number of carbonyl (C=O) groups excluding carboxylic acids is 1. The van der Waals surface area contributed by atoms with E-state index in [0.717, 1.165) is 25.9 Å². The van der Waals surface area contributed by atoms with Crippen molar-refractivity contribution in [1.29, 1.82) is 0 Å². The molecule has 0 aromatic rings. The van der Waals surface area contributed by atoms with Gasteiger partial charge < -0.3 is 10.6 Å². The Morgan fingerprint density at radius 1 is 1.13 bits per heavy atom. The smallest absolute Gasteiger partial charge is 0.223 e. The molecule has 0 spiro atoms. The first-order chi connectivity index (χ1) is 7.26. The summed E-state index contributed by atoms with van der Waals surface area (Å²) >= 11 is 0. The van der Waals surface area contributed by atoms with Crippen LogP contribution in [0.25, 0.3) is 0 Å². The van der Waals surface area contributed by atoms with Crippen LogP contribution in [0.1, 0.15) is 44.9 Å². The Morgan fingerprint density at radius 2 is 1.80 bits per heavy atom. The average molecular weight is 210 g/mol. The Kier molecular flexibility index (Phi) is 3.29. The summed E-state index contributed by atoms with van der Waals surface area (Å²) in [6.07, 6.45) is 7.91. The molecule has 2 rings (SSSR count). The molecule has 0 bridgehead atoms. The minimum absolute atomic E-state index is 0.175. The molecule has 1 saturated heterocycles. The van der Waals surface area contributed by atoms with E-state index in [1.165, 1.54) is 25.7 Å². The highest BCUT2D eigenvalue weighted by Crippen LogP contribution is 2.43. The van der Waals surface area contributed by atoms with Gasteiger partial charge in [-0.15, -0.1) is 0 Å². The molecule has 0 aromatic heterocycles. The van der Waals surface area contributed by atoms with Crippen molar-refractivity contribution in [2.75, 3.05) is 19.6 Å². The van der Waals surface area contributed by atoms with Crippen LogP contribution in [-0.2, 0) is 4.79 Å². The highest BCUT2D eigenvalue weighted by atomic mass is 16.2. The van der Waals surface area contributed by atoms with Gasteiger partial charge in [0.05, 0.1) is 0 Å². The van der Waals surface area contributed by atoms with E-state index in [1.807, 2.05) is 4.90 Å². The highest BCUT2D eigenvalue weighted by molar-refractivity contribution is 5.77. The van der Waals surface area contributed by atoms with Crippen LogP contribution in [0.5, 0.6) is 0 Å². The predicted molar refractivity (Wildman–Crippen MR) is 60.4 cm³/mol. The van der Waals surface area contributed by atoms with Crippen LogP contribution in [0.3, 0.4) is 0 Å². The first-order valence-corrected chi connectivity index (χ1v) is 6.24. The van der Waals surface area contributed by atoms with Crippen molar-refractivity contribution in [2.24, 2.45) is 11.1 Å². The van der Waals surface area contributed by atoms with Crippen LogP contribution in [0.4, 0.5) is 0 Å². The number of nitrogens with two attached hydrogens (primary N) is 1. The fraction of sp³-hybridized carbons (Fsp3) is 0.917. The molecular weight excluding hydrogens is 188 g/mol. The minimum atomic E-state index is 0.175. The van der Waals surface area contributed by atoms with Crippen molar-refractivity contribution >= 4 is 5.91 Å². The molecule has 1 amide bonds. The lowest BCUT2D eigenvalue weighted by Crippen LogP contribution is -2.44. The first kappa shape index (κ1) is 10.9. The van der Waals surface area contributed by atoms with Crippen LogP contribution in [0, 0.1) is 5.41 Å². The molecule has 1 aliphatic heterocycles. The number of piperidine rings is 1. The fourth-order valence-electron chi connectivity index (χ4n) is 2.71. The van der Waals surface area contributed by atoms with Gasteiger partial charge in [-0.25, -0.2) is 0 Å². The fourth-order valence-corrected chi connectivity index (χ4v) is 2.71. The van der Waals surface area contributed by atoms with Crippen molar-refractivity contribution in [3.8, 4) is 0 Å². The van der Waals surface area contributed by atoms with Gasteiger partial charge in [-0.2, -0.15) is 0 Å². The van der Waals surface area contributed by atoms with Crippen LogP contribution in [-0.4, -0.2) is 30.4 Å². The Hall–Kier alpha value is -0.570. The zero-order chi connectivity index (χ0) is 10.7. The average Bonchev–Trinajstić information content (AvgIpc) is 2.24. The number of amides is 1. The van der Waals surface area contributed by atoms with Gasteiger partial charge in [0.1, 0.15) is 0 Å². The molecule has 2 aliphatic rings. The molecule has 15 heavy (non-hydrogen) atoms. The van der Waals surface area contributed by atoms with Crippen molar-refractivity contribution in [1.82, 2.24) is 4.90 Å². The maximum atomic E-state index is 12.0. The molecule has 86 valence electrons. The Labute approximate surface area is 92.0 Å². The van der Waals surface area contributed by atoms with Gasteiger partial charge in [0.2, 0.25) is 5.91 Å². The van der Waals surface area contributed by atoms with Gasteiger partial charge in [0, 0.05) is 19.5 Å². The molecule has 1 aliphatic carbocycles. The number of carbonyl (C=O) groups is 1. The minimum Gasteiger partial charge on any atom is -0.343 e. The van der Waals surface area contributed by atoms with Crippen LogP contribution in [0.15, 0.2) is 0 Å². The first-order valence-electron chi connectivity index (χ1n) is 6.24. The third-order valence-electron chi connectivity index (χ3n) is 4.08. The van der Waals surface area contributed by atoms with Crippen molar-refractivity contribution in [3.05, 3.63) is 0 Å². The second-order valence-corrected chi connectivity index (χ2v) is 5.18. The Morgan fingerprint density at radius 3 is 2.27 bits per heavy atom. The normalized spacial score (nSPS) is 24.7. The highest BCUT2D eigenvalue weighted by Gasteiger charge is 2.38. The van der Waals surface area contributed by atoms with Crippen LogP contribution in [0.2, 0.25) is 0 Å². The van der Waals surface area contributed by atoms with E-state index in [0.29, 0.717) is 18.9 Å². The number of rotatable bonds is 3. The Bertz CT molecular complexity index is 224. The van der Waals surface area contributed by atoms with Crippen molar-refractivity contribution in [3.63, 3.8) is 0 Å². The van der Waals surface area contributed by atoms with Gasteiger partial charge >= 0.3 is 0 Å². The summed E-state index contributed by atoms with van der Waals surface area (Å²) in [6, 6.07) is 0. The largest absolute Gasteiger partial charge is 0.343 e. The van der Waals surface area contributed by atoms with E-state index in [2.05, 4.69) is 0 Å². The molecule has 1 saturated carbocycles. The molecule has 0 atom stereocenters. The summed E-state index contributed by atoms with van der Waals surface area (Å²) in [5, 5.41) is 0. The molecule has 1 heterocycles. The standard InChI is InChI=1S/C12H22N2O/c13-10-12(5-4-6-12)9-11(15)14-7-2-1-3-8-14/h1-10,13H2. The number of likely N-dealkylation sites (tertiary alicyclic amines) is 1. The van der Waals surface area contributed by atoms with Gasteiger partial charge in [0.15, 0.2) is 0 Å². The van der Waals surface area contributed by atoms with Gasteiger partial charge in [-0.3, -0.25) is 4.79 Å². The van der Waals surface area contributed by atoms with E-state index < -0.39 is 0 Å². The molecule has 0 unspecified atom stereocenters. The summed E-state index contributed by atoms with van der Waals surface area (Å²) in [5.41, 5.74) is 5.95.